The average molecular weight is 385 g/mol. The molecule has 1 unspecified atom stereocenters. The molecular weight excluding hydrogens is 368 g/mol. The van der Waals surface area contributed by atoms with Gasteiger partial charge in [-0.1, -0.05) is 29.8 Å². The minimum Gasteiger partial charge on any atom is -0.463 e. The summed E-state index contributed by atoms with van der Waals surface area (Å²) >= 11 is 6.25. The number of ether oxygens (including phenoxy) is 1. The van der Waals surface area contributed by atoms with Gasteiger partial charge in [-0.25, -0.2) is 13.2 Å². The molecule has 1 atom stereocenters. The Labute approximate surface area is 150 Å². The molecule has 1 aliphatic heterocycles. The number of hydrogen-bond donors (Lipinski definition) is 1. The largest absolute Gasteiger partial charge is 0.463 e. The highest BCUT2D eigenvalue weighted by Gasteiger charge is 2.37. The summed E-state index contributed by atoms with van der Waals surface area (Å²) in [4.78, 5) is 11.5. The monoisotopic (exact) mass is 384 g/mol. The third-order valence-electron chi connectivity index (χ3n) is 3.99. The summed E-state index contributed by atoms with van der Waals surface area (Å²) in [5.74, 6) is -0.894. The maximum atomic E-state index is 13.0. The lowest BCUT2D eigenvalue weighted by Crippen LogP contribution is -2.48. The average Bonchev–Trinajstić information content (AvgIpc) is 3.12. The van der Waals surface area contributed by atoms with Gasteiger partial charge in [0, 0.05) is 24.7 Å². The van der Waals surface area contributed by atoms with Crippen molar-refractivity contribution >= 4 is 27.6 Å². The SMILES string of the molecule is COC(=O)c1ccc(S(=O)(=O)N2CCNCC2c2ccccc2Cl)o1. The van der Waals surface area contributed by atoms with E-state index in [0.29, 0.717) is 23.7 Å². The van der Waals surface area contributed by atoms with Gasteiger partial charge in [-0.05, 0) is 23.8 Å². The van der Waals surface area contributed by atoms with Gasteiger partial charge in [-0.2, -0.15) is 4.31 Å². The van der Waals surface area contributed by atoms with Crippen molar-refractivity contribution in [2.24, 2.45) is 0 Å². The van der Waals surface area contributed by atoms with Crippen LogP contribution in [0.3, 0.4) is 0 Å². The van der Waals surface area contributed by atoms with Crippen LogP contribution in [-0.4, -0.2) is 45.4 Å². The number of carbonyl (C=O) groups excluding carboxylic acids is 1. The molecule has 1 saturated heterocycles. The Balaban J connectivity index is 1.98. The van der Waals surface area contributed by atoms with E-state index in [0.717, 1.165) is 0 Å². The Hall–Kier alpha value is -1.87. The quantitative estimate of drug-likeness (QED) is 0.811. The van der Waals surface area contributed by atoms with E-state index in [2.05, 4.69) is 10.1 Å². The summed E-state index contributed by atoms with van der Waals surface area (Å²) in [5.41, 5.74) is 0.708. The molecule has 1 fully saturated rings. The second-order valence-electron chi connectivity index (χ2n) is 5.47. The summed E-state index contributed by atoms with van der Waals surface area (Å²) < 4.78 is 37.1. The van der Waals surface area contributed by atoms with Crippen molar-refractivity contribution in [1.82, 2.24) is 9.62 Å². The number of furan rings is 1. The Bertz CT molecular complexity index is 880. The van der Waals surface area contributed by atoms with Crippen molar-refractivity contribution in [3.05, 3.63) is 52.7 Å². The molecule has 0 radical (unpaired) electrons. The van der Waals surface area contributed by atoms with Gasteiger partial charge >= 0.3 is 5.97 Å². The Morgan fingerprint density at radius 2 is 2.08 bits per heavy atom. The van der Waals surface area contributed by atoms with Crippen LogP contribution in [0.1, 0.15) is 22.2 Å². The molecule has 0 saturated carbocycles. The van der Waals surface area contributed by atoms with E-state index in [1.54, 1.807) is 18.2 Å². The molecule has 1 aromatic carbocycles. The number of hydrogen-bond acceptors (Lipinski definition) is 6. The van der Waals surface area contributed by atoms with Crippen LogP contribution in [0.5, 0.6) is 0 Å². The zero-order valence-electron chi connectivity index (χ0n) is 13.4. The van der Waals surface area contributed by atoms with E-state index >= 15 is 0 Å². The highest BCUT2D eigenvalue weighted by Crippen LogP contribution is 2.33. The fourth-order valence-electron chi connectivity index (χ4n) is 2.77. The number of benzene rings is 1. The maximum Gasteiger partial charge on any atom is 0.374 e. The molecule has 7 nitrogen and oxygen atoms in total. The second-order valence-corrected chi connectivity index (χ2v) is 7.70. The lowest BCUT2D eigenvalue weighted by Gasteiger charge is -2.35. The maximum absolute atomic E-state index is 13.0. The second kappa shape index (κ2) is 7.17. The standard InChI is InChI=1S/C16H17ClN2O5S/c1-23-16(20)14-6-7-15(24-14)25(21,22)19-9-8-18-10-13(19)11-4-2-3-5-12(11)17/h2-7,13,18H,8-10H2,1H3. The van der Waals surface area contributed by atoms with Crippen molar-refractivity contribution in [3.8, 4) is 0 Å². The van der Waals surface area contributed by atoms with Gasteiger partial charge in [0.25, 0.3) is 10.0 Å². The smallest absolute Gasteiger partial charge is 0.374 e. The molecule has 25 heavy (non-hydrogen) atoms. The van der Waals surface area contributed by atoms with Crippen LogP contribution in [0.4, 0.5) is 0 Å². The predicted molar refractivity (Wildman–Crippen MR) is 91.0 cm³/mol. The Morgan fingerprint density at radius 3 is 2.80 bits per heavy atom. The number of nitrogens with one attached hydrogen (secondary N) is 1. The van der Waals surface area contributed by atoms with Gasteiger partial charge in [-0.3, -0.25) is 0 Å². The molecule has 0 bridgehead atoms. The number of methoxy groups -OCH3 is 1. The van der Waals surface area contributed by atoms with Crippen molar-refractivity contribution in [1.29, 1.82) is 0 Å². The molecule has 0 spiro atoms. The van der Waals surface area contributed by atoms with E-state index in [1.807, 2.05) is 6.07 Å². The van der Waals surface area contributed by atoms with E-state index in [1.165, 1.54) is 23.5 Å². The molecule has 9 heteroatoms. The summed E-state index contributed by atoms with van der Waals surface area (Å²) in [6.45, 7) is 1.19. The van der Waals surface area contributed by atoms with Crippen LogP contribution in [0.2, 0.25) is 5.02 Å². The van der Waals surface area contributed by atoms with Crippen LogP contribution in [0.15, 0.2) is 45.9 Å². The molecule has 1 N–H and O–H groups in total. The lowest BCUT2D eigenvalue weighted by atomic mass is 10.1. The highest BCUT2D eigenvalue weighted by atomic mass is 35.5. The molecule has 1 aliphatic rings. The van der Waals surface area contributed by atoms with E-state index in [4.69, 9.17) is 16.0 Å². The molecule has 134 valence electrons. The number of carbonyl (C=O) groups is 1. The van der Waals surface area contributed by atoms with Crippen molar-refractivity contribution < 1.29 is 22.4 Å². The minimum atomic E-state index is -3.94. The van der Waals surface area contributed by atoms with Gasteiger partial charge in [0.1, 0.15) is 0 Å². The van der Waals surface area contributed by atoms with Crippen LogP contribution in [0, 0.1) is 0 Å². The molecule has 3 rings (SSSR count). The number of nitrogens with zero attached hydrogens (tertiary/aromatic N) is 1. The van der Waals surface area contributed by atoms with E-state index < -0.39 is 22.0 Å². The number of piperazine rings is 1. The number of rotatable bonds is 4. The van der Waals surface area contributed by atoms with Crippen LogP contribution < -0.4 is 5.32 Å². The summed E-state index contributed by atoms with van der Waals surface area (Å²) in [6.07, 6.45) is 0. The van der Waals surface area contributed by atoms with E-state index in [9.17, 15) is 13.2 Å². The third-order valence-corrected chi connectivity index (χ3v) is 6.12. The Kier molecular flexibility index (Phi) is 5.14. The first-order valence-corrected chi connectivity index (χ1v) is 9.42. The van der Waals surface area contributed by atoms with Crippen LogP contribution in [0.25, 0.3) is 0 Å². The molecule has 2 aromatic rings. The number of sulfonamides is 1. The van der Waals surface area contributed by atoms with Crippen LogP contribution >= 0.6 is 11.6 Å². The van der Waals surface area contributed by atoms with Gasteiger partial charge in [0.15, 0.2) is 0 Å². The summed E-state index contributed by atoms with van der Waals surface area (Å²) in [6, 6.07) is 9.18. The zero-order valence-corrected chi connectivity index (χ0v) is 15.0. The number of halogens is 1. The highest BCUT2D eigenvalue weighted by molar-refractivity contribution is 7.89. The summed E-state index contributed by atoms with van der Waals surface area (Å²) in [5, 5.41) is 3.37. The normalized spacial score (nSPS) is 18.9. The summed E-state index contributed by atoms with van der Waals surface area (Å²) in [7, 11) is -2.74. The lowest BCUT2D eigenvalue weighted by molar-refractivity contribution is 0.0558. The molecule has 0 aliphatic carbocycles. The first-order valence-electron chi connectivity index (χ1n) is 7.60. The minimum absolute atomic E-state index is 0.162. The topological polar surface area (TPSA) is 88.9 Å². The Morgan fingerprint density at radius 1 is 1.32 bits per heavy atom. The van der Waals surface area contributed by atoms with Gasteiger partial charge < -0.3 is 14.5 Å². The number of esters is 1. The van der Waals surface area contributed by atoms with Crippen LogP contribution in [-0.2, 0) is 14.8 Å². The fourth-order valence-corrected chi connectivity index (χ4v) is 4.55. The first kappa shape index (κ1) is 17.9. The van der Waals surface area contributed by atoms with Gasteiger partial charge in [-0.15, -0.1) is 0 Å². The van der Waals surface area contributed by atoms with Crippen molar-refractivity contribution in [2.45, 2.75) is 11.1 Å². The van der Waals surface area contributed by atoms with Gasteiger partial charge in [0.2, 0.25) is 10.9 Å². The van der Waals surface area contributed by atoms with Crippen molar-refractivity contribution in [2.75, 3.05) is 26.7 Å². The first-order chi connectivity index (χ1) is 11.9. The third kappa shape index (κ3) is 3.43. The molecule has 0 amide bonds. The molecule has 1 aromatic heterocycles. The van der Waals surface area contributed by atoms with Crippen molar-refractivity contribution in [3.63, 3.8) is 0 Å². The molecular formula is C16H17ClN2O5S. The van der Waals surface area contributed by atoms with Gasteiger partial charge in [0.05, 0.1) is 13.2 Å². The van der Waals surface area contributed by atoms with E-state index in [-0.39, 0.29) is 17.4 Å². The zero-order chi connectivity index (χ0) is 18.0. The molecule has 2 heterocycles. The predicted octanol–water partition coefficient (Wildman–Crippen LogP) is 2.05. The fraction of sp³-hybridized carbons (Fsp3) is 0.312.